The van der Waals surface area contributed by atoms with E-state index in [4.69, 9.17) is 4.52 Å². The number of pyridine rings is 1. The second-order valence-corrected chi connectivity index (χ2v) is 5.43. The number of hydrogen-bond donors (Lipinski definition) is 1. The van der Waals surface area contributed by atoms with Crippen LogP contribution in [0.15, 0.2) is 59.3 Å². The fourth-order valence-electron chi connectivity index (χ4n) is 2.31. The summed E-state index contributed by atoms with van der Waals surface area (Å²) in [5.41, 5.74) is 1.72. The zero-order valence-electron chi connectivity index (χ0n) is 13.3. The Hall–Kier alpha value is -3.02. The summed E-state index contributed by atoms with van der Waals surface area (Å²) < 4.78 is 5.18. The molecule has 1 amide bonds. The number of amides is 1. The summed E-state index contributed by atoms with van der Waals surface area (Å²) in [5.74, 6) is 0.811. The zero-order chi connectivity index (χ0) is 16.8. The third-order valence-corrected chi connectivity index (χ3v) is 3.61. The Balaban J connectivity index is 1.53. The van der Waals surface area contributed by atoms with Crippen molar-refractivity contribution < 1.29 is 9.32 Å². The largest absolute Gasteiger partial charge is 0.350 e. The van der Waals surface area contributed by atoms with Gasteiger partial charge in [0.15, 0.2) is 0 Å². The van der Waals surface area contributed by atoms with Crippen LogP contribution in [0, 0.1) is 0 Å². The Kier molecular flexibility index (Phi) is 4.96. The molecule has 0 spiro atoms. The highest BCUT2D eigenvalue weighted by Crippen LogP contribution is 2.14. The maximum Gasteiger partial charge on any atom is 0.227 e. The lowest BCUT2D eigenvalue weighted by Crippen LogP contribution is -2.26. The van der Waals surface area contributed by atoms with Crippen LogP contribution in [0.5, 0.6) is 0 Å². The van der Waals surface area contributed by atoms with Crippen molar-refractivity contribution in [1.29, 1.82) is 0 Å². The molecule has 1 aromatic carbocycles. The van der Waals surface area contributed by atoms with Gasteiger partial charge in [-0.1, -0.05) is 41.6 Å². The second-order valence-electron chi connectivity index (χ2n) is 5.43. The summed E-state index contributed by atoms with van der Waals surface area (Å²) in [6, 6.07) is 15.3. The molecule has 0 fully saturated rings. The average molecular weight is 322 g/mol. The molecule has 1 unspecified atom stereocenters. The van der Waals surface area contributed by atoms with Crippen LogP contribution in [0.3, 0.4) is 0 Å². The standard InChI is InChI=1S/C18H18N4O2/c1-13(14-7-3-2-4-8-14)20-16(23)10-11-17-21-18(22-24-17)15-9-5-6-12-19-15/h2-9,12-13H,10-11H2,1H3,(H,20,23). The minimum absolute atomic E-state index is 0.0366. The number of hydrogen-bond acceptors (Lipinski definition) is 5. The number of carbonyl (C=O) groups is 1. The number of benzene rings is 1. The lowest BCUT2D eigenvalue weighted by molar-refractivity contribution is -0.121. The summed E-state index contributed by atoms with van der Waals surface area (Å²) in [5, 5.41) is 6.86. The van der Waals surface area contributed by atoms with Crippen molar-refractivity contribution in [3.05, 3.63) is 66.2 Å². The maximum atomic E-state index is 12.1. The van der Waals surface area contributed by atoms with E-state index in [0.29, 0.717) is 30.3 Å². The van der Waals surface area contributed by atoms with Gasteiger partial charge in [-0.25, -0.2) is 0 Å². The Labute approximate surface area is 139 Å². The van der Waals surface area contributed by atoms with E-state index >= 15 is 0 Å². The fraction of sp³-hybridized carbons (Fsp3) is 0.222. The van der Waals surface area contributed by atoms with Crippen molar-refractivity contribution in [1.82, 2.24) is 20.4 Å². The molecule has 2 aromatic heterocycles. The van der Waals surface area contributed by atoms with E-state index in [1.807, 2.05) is 55.5 Å². The summed E-state index contributed by atoms with van der Waals surface area (Å²) in [4.78, 5) is 20.5. The van der Waals surface area contributed by atoms with Gasteiger partial charge in [-0.05, 0) is 24.6 Å². The Morgan fingerprint density at radius 3 is 2.71 bits per heavy atom. The highest BCUT2D eigenvalue weighted by Gasteiger charge is 2.13. The van der Waals surface area contributed by atoms with Gasteiger partial charge >= 0.3 is 0 Å². The van der Waals surface area contributed by atoms with Crippen LogP contribution in [0.2, 0.25) is 0 Å². The van der Waals surface area contributed by atoms with Gasteiger partial charge in [-0.3, -0.25) is 9.78 Å². The van der Waals surface area contributed by atoms with E-state index in [1.54, 1.807) is 6.20 Å². The van der Waals surface area contributed by atoms with Gasteiger partial charge in [-0.15, -0.1) is 0 Å². The molecular weight excluding hydrogens is 304 g/mol. The summed E-state index contributed by atoms with van der Waals surface area (Å²) in [6.07, 6.45) is 2.36. The quantitative estimate of drug-likeness (QED) is 0.754. The Bertz CT molecular complexity index is 787. The molecule has 0 saturated heterocycles. The minimum atomic E-state index is -0.0519. The van der Waals surface area contributed by atoms with Gasteiger partial charge in [0.25, 0.3) is 0 Å². The molecule has 1 N–H and O–H groups in total. The molecule has 3 aromatic rings. The van der Waals surface area contributed by atoms with Gasteiger partial charge < -0.3 is 9.84 Å². The Morgan fingerprint density at radius 1 is 1.17 bits per heavy atom. The van der Waals surface area contributed by atoms with E-state index in [0.717, 1.165) is 5.56 Å². The Morgan fingerprint density at radius 2 is 1.96 bits per heavy atom. The minimum Gasteiger partial charge on any atom is -0.350 e. The first-order valence-corrected chi connectivity index (χ1v) is 7.80. The van der Waals surface area contributed by atoms with Crippen LogP contribution in [-0.2, 0) is 11.2 Å². The molecule has 1 atom stereocenters. The SMILES string of the molecule is CC(NC(=O)CCc1nc(-c2ccccn2)no1)c1ccccc1. The van der Waals surface area contributed by atoms with Gasteiger partial charge in [0.05, 0.1) is 6.04 Å². The summed E-state index contributed by atoms with van der Waals surface area (Å²) >= 11 is 0. The van der Waals surface area contributed by atoms with E-state index in [2.05, 4.69) is 20.4 Å². The van der Waals surface area contributed by atoms with E-state index in [-0.39, 0.29) is 11.9 Å². The van der Waals surface area contributed by atoms with Crippen LogP contribution >= 0.6 is 0 Å². The molecule has 2 heterocycles. The number of nitrogens with zero attached hydrogens (tertiary/aromatic N) is 3. The van der Waals surface area contributed by atoms with Crippen LogP contribution in [0.4, 0.5) is 0 Å². The second kappa shape index (κ2) is 7.50. The van der Waals surface area contributed by atoms with E-state index in [1.165, 1.54) is 0 Å². The van der Waals surface area contributed by atoms with Crippen molar-refractivity contribution in [2.24, 2.45) is 0 Å². The topological polar surface area (TPSA) is 80.9 Å². The molecule has 6 heteroatoms. The van der Waals surface area contributed by atoms with Crippen molar-refractivity contribution >= 4 is 5.91 Å². The van der Waals surface area contributed by atoms with Crippen LogP contribution in [0.1, 0.15) is 30.8 Å². The molecule has 122 valence electrons. The highest BCUT2D eigenvalue weighted by molar-refractivity contribution is 5.76. The van der Waals surface area contributed by atoms with Gasteiger partial charge in [-0.2, -0.15) is 4.98 Å². The number of aromatic nitrogens is 3. The lowest BCUT2D eigenvalue weighted by atomic mass is 10.1. The smallest absolute Gasteiger partial charge is 0.227 e. The van der Waals surface area contributed by atoms with Crippen molar-refractivity contribution in [3.8, 4) is 11.5 Å². The predicted molar refractivity (Wildman–Crippen MR) is 88.8 cm³/mol. The summed E-state index contributed by atoms with van der Waals surface area (Å²) in [7, 11) is 0. The molecule has 0 radical (unpaired) electrons. The molecule has 0 aliphatic heterocycles. The van der Waals surface area contributed by atoms with Crippen molar-refractivity contribution in [2.45, 2.75) is 25.8 Å². The number of rotatable bonds is 6. The number of carbonyl (C=O) groups excluding carboxylic acids is 1. The van der Waals surface area contributed by atoms with E-state index < -0.39 is 0 Å². The van der Waals surface area contributed by atoms with Crippen LogP contribution in [-0.4, -0.2) is 21.0 Å². The average Bonchev–Trinajstić information content (AvgIpc) is 3.10. The van der Waals surface area contributed by atoms with E-state index in [9.17, 15) is 4.79 Å². The molecule has 6 nitrogen and oxygen atoms in total. The molecule has 24 heavy (non-hydrogen) atoms. The molecule has 0 aliphatic rings. The zero-order valence-corrected chi connectivity index (χ0v) is 13.3. The number of nitrogens with one attached hydrogen (secondary N) is 1. The first-order chi connectivity index (χ1) is 11.7. The summed E-state index contributed by atoms with van der Waals surface area (Å²) in [6.45, 7) is 1.96. The van der Waals surface area contributed by atoms with Crippen molar-refractivity contribution in [2.75, 3.05) is 0 Å². The molecule has 0 saturated carbocycles. The normalized spacial score (nSPS) is 11.9. The maximum absolute atomic E-state index is 12.1. The van der Waals surface area contributed by atoms with Crippen molar-refractivity contribution in [3.63, 3.8) is 0 Å². The van der Waals surface area contributed by atoms with Gasteiger partial charge in [0.2, 0.25) is 17.6 Å². The first kappa shape index (κ1) is 15.9. The predicted octanol–water partition coefficient (Wildman–Crippen LogP) is 2.94. The highest BCUT2D eigenvalue weighted by atomic mass is 16.5. The monoisotopic (exact) mass is 322 g/mol. The number of aryl methyl sites for hydroxylation is 1. The van der Waals surface area contributed by atoms with Gasteiger partial charge in [0, 0.05) is 19.0 Å². The molecule has 3 rings (SSSR count). The molecular formula is C18H18N4O2. The fourth-order valence-corrected chi connectivity index (χ4v) is 2.31. The third kappa shape index (κ3) is 4.04. The first-order valence-electron chi connectivity index (χ1n) is 7.80. The van der Waals surface area contributed by atoms with Crippen LogP contribution < -0.4 is 5.32 Å². The lowest BCUT2D eigenvalue weighted by Gasteiger charge is -2.13. The molecule has 0 bridgehead atoms. The third-order valence-electron chi connectivity index (χ3n) is 3.61. The molecule has 0 aliphatic carbocycles. The van der Waals surface area contributed by atoms with Gasteiger partial charge in [0.1, 0.15) is 5.69 Å². The van der Waals surface area contributed by atoms with Crippen LogP contribution in [0.25, 0.3) is 11.5 Å².